The summed E-state index contributed by atoms with van der Waals surface area (Å²) >= 11 is 0. The van der Waals surface area contributed by atoms with Gasteiger partial charge in [-0.25, -0.2) is 4.90 Å². The first-order chi connectivity index (χ1) is 14.3. The summed E-state index contributed by atoms with van der Waals surface area (Å²) in [7, 11) is 1.66. The molecular weight excluding hydrogens is 382 g/mol. The van der Waals surface area contributed by atoms with Crippen molar-refractivity contribution in [3.05, 3.63) is 35.9 Å². The Balaban J connectivity index is 1.55. The fourth-order valence-electron chi connectivity index (χ4n) is 5.46. The molecule has 4 unspecified atom stereocenters. The highest BCUT2D eigenvalue weighted by Gasteiger charge is 2.57. The Morgan fingerprint density at radius 2 is 1.87 bits per heavy atom. The van der Waals surface area contributed by atoms with Crippen molar-refractivity contribution in [3.63, 3.8) is 0 Å². The van der Waals surface area contributed by atoms with Gasteiger partial charge in [-0.2, -0.15) is 4.89 Å². The smallest absolute Gasteiger partial charge is 0.258 e. The zero-order valence-corrected chi connectivity index (χ0v) is 18.2. The molecule has 0 spiro atoms. The number of carbonyl (C=O) groups excluding carboxylic acids is 2. The fraction of sp³-hybridized carbons (Fsp3) is 0.583. The van der Waals surface area contributed by atoms with E-state index in [1.165, 1.54) is 23.5 Å². The number of fused-ring (bicyclic) bond motifs is 2. The molecule has 1 aromatic rings. The van der Waals surface area contributed by atoms with Crippen LogP contribution in [0, 0.1) is 23.2 Å². The van der Waals surface area contributed by atoms with E-state index in [-0.39, 0.29) is 17.9 Å². The van der Waals surface area contributed by atoms with E-state index in [0.717, 1.165) is 18.4 Å². The van der Waals surface area contributed by atoms with E-state index < -0.39 is 0 Å². The molecule has 1 aromatic carbocycles. The first-order valence-electron chi connectivity index (χ1n) is 10.8. The average molecular weight is 414 g/mol. The van der Waals surface area contributed by atoms with Gasteiger partial charge in [-0.15, -0.1) is 0 Å². The molecule has 4 aliphatic rings. The maximum absolute atomic E-state index is 12.4. The molecule has 6 nitrogen and oxygen atoms in total. The van der Waals surface area contributed by atoms with Crippen molar-refractivity contribution >= 4 is 17.5 Å². The Hall–Kier alpha value is -2.18. The topological polar surface area (TPSA) is 65.1 Å². The van der Waals surface area contributed by atoms with Crippen LogP contribution in [0.2, 0.25) is 0 Å². The van der Waals surface area contributed by atoms with Crippen molar-refractivity contribution in [3.8, 4) is 5.75 Å². The third-order valence-electron chi connectivity index (χ3n) is 7.46. The number of nitrogens with zero attached hydrogens (tertiary/aromatic N) is 1. The van der Waals surface area contributed by atoms with Crippen LogP contribution in [0.4, 0.5) is 5.69 Å². The lowest BCUT2D eigenvalue weighted by atomic mass is 9.45. The van der Waals surface area contributed by atoms with Gasteiger partial charge < -0.3 is 9.62 Å². The number of benzene rings is 1. The molecule has 162 valence electrons. The van der Waals surface area contributed by atoms with Crippen LogP contribution in [0.15, 0.2) is 30.4 Å². The van der Waals surface area contributed by atoms with E-state index in [9.17, 15) is 9.59 Å². The second kappa shape index (κ2) is 8.16. The van der Waals surface area contributed by atoms with E-state index in [1.54, 1.807) is 13.2 Å². The van der Waals surface area contributed by atoms with Crippen LogP contribution in [0.1, 0.15) is 45.6 Å². The normalized spacial score (nSPS) is 29.3. The van der Waals surface area contributed by atoms with Crippen molar-refractivity contribution in [2.24, 2.45) is 23.2 Å². The fourth-order valence-corrected chi connectivity index (χ4v) is 5.46. The molecule has 4 atom stereocenters. The molecule has 3 aliphatic carbocycles. The van der Waals surface area contributed by atoms with E-state index >= 15 is 0 Å². The number of carbonyl (C=O) groups is 2. The van der Waals surface area contributed by atoms with Gasteiger partial charge in [-0.3, -0.25) is 9.59 Å². The number of amides is 2. The van der Waals surface area contributed by atoms with E-state index in [2.05, 4.69) is 20.8 Å². The third-order valence-corrected chi connectivity index (χ3v) is 7.46. The Kier molecular flexibility index (Phi) is 5.73. The van der Waals surface area contributed by atoms with Crippen LogP contribution in [0.25, 0.3) is 0 Å². The van der Waals surface area contributed by atoms with Gasteiger partial charge in [0, 0.05) is 25.9 Å². The van der Waals surface area contributed by atoms with E-state index in [1.807, 2.05) is 12.1 Å². The van der Waals surface area contributed by atoms with Gasteiger partial charge in [-0.1, -0.05) is 32.9 Å². The highest BCUT2D eigenvalue weighted by Crippen LogP contribution is 2.61. The van der Waals surface area contributed by atoms with Crippen LogP contribution in [-0.4, -0.2) is 31.6 Å². The molecule has 1 aliphatic heterocycles. The second-order valence-corrected chi connectivity index (χ2v) is 9.38. The van der Waals surface area contributed by atoms with Crippen LogP contribution in [-0.2, 0) is 25.6 Å². The SMILES string of the molecule is COCCCc1cccc(OOC2CC3CC(C2C)C3(C)C)c1N1C(=O)C=CC1=O. The summed E-state index contributed by atoms with van der Waals surface area (Å²) in [5.41, 5.74) is 1.70. The monoisotopic (exact) mass is 413 g/mol. The molecule has 5 rings (SSSR count). The highest BCUT2D eigenvalue weighted by molar-refractivity contribution is 6.28. The first-order valence-corrected chi connectivity index (χ1v) is 10.8. The van der Waals surface area contributed by atoms with Gasteiger partial charge in [0.2, 0.25) is 0 Å². The van der Waals surface area contributed by atoms with Crippen LogP contribution < -0.4 is 9.79 Å². The number of anilines is 1. The van der Waals surface area contributed by atoms with Gasteiger partial charge in [0.1, 0.15) is 11.8 Å². The molecule has 3 saturated carbocycles. The van der Waals surface area contributed by atoms with Gasteiger partial charge >= 0.3 is 0 Å². The second-order valence-electron chi connectivity index (χ2n) is 9.38. The number of aryl methyl sites for hydroxylation is 1. The Morgan fingerprint density at radius 1 is 1.13 bits per heavy atom. The van der Waals surface area contributed by atoms with Crippen molar-refractivity contribution in [2.75, 3.05) is 18.6 Å². The largest absolute Gasteiger partial charge is 0.385 e. The summed E-state index contributed by atoms with van der Waals surface area (Å²) in [4.78, 5) is 37.7. The summed E-state index contributed by atoms with van der Waals surface area (Å²) in [6, 6.07) is 5.54. The Morgan fingerprint density at radius 3 is 2.50 bits per heavy atom. The predicted molar refractivity (Wildman–Crippen MR) is 113 cm³/mol. The maximum atomic E-state index is 12.4. The molecule has 0 N–H and O–H groups in total. The third kappa shape index (κ3) is 3.56. The van der Waals surface area contributed by atoms with Crippen LogP contribution in [0.3, 0.4) is 0 Å². The van der Waals surface area contributed by atoms with Gasteiger partial charge in [0.05, 0.1) is 0 Å². The Bertz CT molecular complexity index is 843. The minimum atomic E-state index is -0.363. The predicted octanol–water partition coefficient (Wildman–Crippen LogP) is 4.08. The number of hydrogen-bond donors (Lipinski definition) is 0. The van der Waals surface area contributed by atoms with Crippen molar-refractivity contribution in [2.45, 2.75) is 52.6 Å². The molecule has 2 bridgehead atoms. The molecule has 1 heterocycles. The lowest BCUT2D eigenvalue weighted by Crippen LogP contribution is -2.57. The van der Waals surface area contributed by atoms with Crippen molar-refractivity contribution in [1.29, 1.82) is 0 Å². The van der Waals surface area contributed by atoms with Gasteiger partial charge in [-0.05, 0) is 60.5 Å². The molecule has 2 amide bonds. The summed E-state index contributed by atoms with van der Waals surface area (Å²) in [5, 5.41) is 0. The summed E-state index contributed by atoms with van der Waals surface area (Å²) in [6.07, 6.45) is 6.25. The summed E-state index contributed by atoms with van der Waals surface area (Å²) in [6.45, 7) is 7.52. The number of methoxy groups -OCH3 is 1. The van der Waals surface area contributed by atoms with Gasteiger partial charge in [0.15, 0.2) is 5.75 Å². The highest BCUT2D eigenvalue weighted by atomic mass is 17.2. The van der Waals surface area contributed by atoms with E-state index in [4.69, 9.17) is 14.5 Å². The van der Waals surface area contributed by atoms with E-state index in [0.29, 0.717) is 47.6 Å². The minimum absolute atomic E-state index is 0.00915. The van der Waals surface area contributed by atoms with Crippen molar-refractivity contribution in [1.82, 2.24) is 0 Å². The average Bonchev–Trinajstić information content (AvgIpc) is 3.05. The summed E-state index contributed by atoms with van der Waals surface area (Å²) in [5.74, 6) is 1.36. The number of rotatable bonds is 8. The quantitative estimate of drug-likeness (QED) is 0.278. The number of para-hydroxylation sites is 1. The van der Waals surface area contributed by atoms with Crippen molar-refractivity contribution < 1.29 is 24.1 Å². The zero-order valence-electron chi connectivity index (χ0n) is 18.2. The minimum Gasteiger partial charge on any atom is -0.385 e. The number of ether oxygens (including phenoxy) is 1. The molecular formula is C24H31NO5. The standard InChI is InChI=1S/C24H31NO5/c1-15-18-13-17(24(18,2)3)14-20(15)30-29-19-9-5-7-16(8-6-12-28-4)23(19)25-21(26)10-11-22(25)27/h5,7,9-11,15,17-18,20H,6,8,12-14H2,1-4H3. The zero-order chi connectivity index (χ0) is 21.5. The molecule has 6 heteroatoms. The number of hydrogen-bond acceptors (Lipinski definition) is 5. The Labute approximate surface area is 178 Å². The molecule has 0 aromatic heterocycles. The number of imide groups is 1. The van der Waals surface area contributed by atoms with Gasteiger partial charge in [0.25, 0.3) is 11.8 Å². The molecule has 30 heavy (non-hydrogen) atoms. The lowest BCUT2D eigenvalue weighted by Gasteiger charge is -2.61. The molecule has 0 radical (unpaired) electrons. The van der Waals surface area contributed by atoms with Crippen LogP contribution in [0.5, 0.6) is 5.75 Å². The lowest BCUT2D eigenvalue weighted by molar-refractivity contribution is -0.298. The molecule has 0 saturated heterocycles. The maximum Gasteiger partial charge on any atom is 0.258 e. The van der Waals surface area contributed by atoms with Crippen LogP contribution >= 0.6 is 0 Å². The molecule has 3 fully saturated rings. The first kappa shape index (κ1) is 21.1. The summed E-state index contributed by atoms with van der Waals surface area (Å²) < 4.78 is 5.16.